The first-order valence-electron chi connectivity index (χ1n) is 8.19. The van der Waals surface area contributed by atoms with Gasteiger partial charge in [-0.15, -0.1) is 22.7 Å². The molecule has 0 N–H and O–H groups in total. The van der Waals surface area contributed by atoms with E-state index in [2.05, 4.69) is 14.9 Å². The average Bonchev–Trinajstić information content (AvgIpc) is 3.32. The second kappa shape index (κ2) is 6.93. The fourth-order valence-corrected chi connectivity index (χ4v) is 4.65. The molecule has 0 atom stereocenters. The van der Waals surface area contributed by atoms with Crippen LogP contribution >= 0.6 is 22.7 Å². The molecule has 1 aliphatic heterocycles. The van der Waals surface area contributed by atoms with Crippen molar-refractivity contribution < 1.29 is 4.79 Å². The maximum absolute atomic E-state index is 12.9. The molecule has 0 unspecified atom stereocenters. The van der Waals surface area contributed by atoms with Crippen LogP contribution in [0, 0.1) is 6.92 Å². The van der Waals surface area contributed by atoms with Crippen molar-refractivity contribution in [1.29, 1.82) is 0 Å². The minimum Gasteiger partial charge on any atom is -0.345 e. The van der Waals surface area contributed by atoms with Crippen molar-refractivity contribution >= 4 is 33.7 Å². The number of piperazine rings is 1. The van der Waals surface area contributed by atoms with Crippen LogP contribution in [0.2, 0.25) is 0 Å². The van der Waals surface area contributed by atoms with Gasteiger partial charge in [0.05, 0.1) is 5.69 Å². The summed E-state index contributed by atoms with van der Waals surface area (Å²) in [5.74, 6) is 0.0935. The number of hydrogen-bond acceptors (Lipinski definition) is 6. The molecule has 3 heterocycles. The third-order valence-corrected chi connectivity index (χ3v) is 6.29. The number of hydrogen-bond donors (Lipinski definition) is 0. The van der Waals surface area contributed by atoms with E-state index in [4.69, 9.17) is 0 Å². The van der Waals surface area contributed by atoms with E-state index in [0.717, 1.165) is 52.5 Å². The molecule has 1 saturated heterocycles. The molecule has 0 radical (unpaired) electrons. The van der Waals surface area contributed by atoms with Crippen LogP contribution in [-0.4, -0.2) is 47.0 Å². The van der Waals surface area contributed by atoms with Crippen LogP contribution in [0.3, 0.4) is 0 Å². The zero-order valence-corrected chi connectivity index (χ0v) is 15.5. The van der Waals surface area contributed by atoms with E-state index in [0.29, 0.717) is 0 Å². The Morgan fingerprint density at radius 2 is 1.88 bits per heavy atom. The lowest BCUT2D eigenvalue weighted by atomic mass is 10.2. The molecule has 128 valence electrons. The molecular weight excluding hydrogens is 352 g/mol. The fourth-order valence-electron chi connectivity index (χ4n) is 2.92. The van der Waals surface area contributed by atoms with Crippen molar-refractivity contribution in [2.75, 3.05) is 31.1 Å². The van der Waals surface area contributed by atoms with E-state index < -0.39 is 0 Å². The van der Waals surface area contributed by atoms with E-state index in [1.165, 1.54) is 11.3 Å². The summed E-state index contributed by atoms with van der Waals surface area (Å²) >= 11 is 3.13. The summed E-state index contributed by atoms with van der Waals surface area (Å²) in [6.07, 6.45) is 1.82. The lowest BCUT2D eigenvalue weighted by Gasteiger charge is -2.34. The summed E-state index contributed by atoms with van der Waals surface area (Å²) in [6.45, 7) is 5.00. The zero-order chi connectivity index (χ0) is 17.2. The van der Waals surface area contributed by atoms with Gasteiger partial charge in [0.15, 0.2) is 5.13 Å². The Hall–Kier alpha value is -2.25. The summed E-state index contributed by atoms with van der Waals surface area (Å²) in [5.41, 5.74) is 1.87. The van der Waals surface area contributed by atoms with Crippen molar-refractivity contribution in [3.05, 3.63) is 52.5 Å². The van der Waals surface area contributed by atoms with Gasteiger partial charge in [0.25, 0.3) is 5.91 Å². The minimum atomic E-state index is 0.0935. The van der Waals surface area contributed by atoms with Crippen molar-refractivity contribution in [1.82, 2.24) is 14.9 Å². The molecular formula is C18H18N4OS2. The van der Waals surface area contributed by atoms with Gasteiger partial charge in [-0.05, 0) is 6.92 Å². The molecule has 0 spiro atoms. The number of aryl methyl sites for hydroxylation is 1. The van der Waals surface area contributed by atoms with Gasteiger partial charge in [-0.2, -0.15) is 0 Å². The first-order chi connectivity index (χ1) is 12.2. The van der Waals surface area contributed by atoms with Crippen LogP contribution in [0.1, 0.15) is 15.4 Å². The number of anilines is 1. The Morgan fingerprint density at radius 3 is 2.56 bits per heavy atom. The Balaban J connectivity index is 1.48. The van der Waals surface area contributed by atoms with Crippen LogP contribution in [0.25, 0.3) is 10.6 Å². The molecule has 2 aromatic heterocycles. The van der Waals surface area contributed by atoms with Crippen LogP contribution in [0.4, 0.5) is 5.13 Å². The maximum atomic E-state index is 12.9. The monoisotopic (exact) mass is 370 g/mol. The predicted octanol–water partition coefficient (Wildman–Crippen LogP) is 3.54. The van der Waals surface area contributed by atoms with Crippen LogP contribution in [0.15, 0.2) is 41.9 Å². The summed E-state index contributed by atoms with van der Waals surface area (Å²) < 4.78 is 0. The van der Waals surface area contributed by atoms with Gasteiger partial charge in [-0.25, -0.2) is 9.97 Å². The van der Waals surface area contributed by atoms with Crippen molar-refractivity contribution in [2.45, 2.75) is 6.92 Å². The topological polar surface area (TPSA) is 49.3 Å². The Labute approximate surface area is 154 Å². The SMILES string of the molecule is Cc1nc(-c2ccccc2)sc1C(=O)N1CCN(c2nccs2)CC1. The lowest BCUT2D eigenvalue weighted by molar-refractivity contribution is 0.0750. The highest BCUT2D eigenvalue weighted by Gasteiger charge is 2.26. The molecule has 1 amide bonds. The number of rotatable bonds is 3. The highest BCUT2D eigenvalue weighted by atomic mass is 32.1. The number of carbonyl (C=O) groups excluding carboxylic acids is 1. The molecule has 7 heteroatoms. The van der Waals surface area contributed by atoms with Crippen LogP contribution < -0.4 is 4.90 Å². The number of carbonyl (C=O) groups is 1. The minimum absolute atomic E-state index is 0.0935. The average molecular weight is 371 g/mol. The Bertz CT molecular complexity index is 853. The third kappa shape index (κ3) is 3.29. The van der Waals surface area contributed by atoms with E-state index >= 15 is 0 Å². The molecule has 25 heavy (non-hydrogen) atoms. The first kappa shape index (κ1) is 16.2. The van der Waals surface area contributed by atoms with Crippen LogP contribution in [-0.2, 0) is 0 Å². The Morgan fingerprint density at radius 1 is 1.12 bits per heavy atom. The van der Waals surface area contributed by atoms with Gasteiger partial charge < -0.3 is 9.80 Å². The molecule has 1 aromatic carbocycles. The van der Waals surface area contributed by atoms with Gasteiger partial charge in [0, 0.05) is 43.3 Å². The molecule has 0 saturated carbocycles. The highest BCUT2D eigenvalue weighted by Crippen LogP contribution is 2.29. The number of nitrogens with zero attached hydrogens (tertiary/aromatic N) is 4. The highest BCUT2D eigenvalue weighted by molar-refractivity contribution is 7.17. The molecule has 4 rings (SSSR count). The molecule has 0 bridgehead atoms. The fraction of sp³-hybridized carbons (Fsp3) is 0.278. The van der Waals surface area contributed by atoms with Gasteiger partial charge in [-0.1, -0.05) is 30.3 Å². The standard InChI is InChI=1S/C18H18N4OS2/c1-13-15(25-16(20-13)14-5-3-2-4-6-14)17(23)21-8-10-22(11-9-21)18-19-7-12-24-18/h2-7,12H,8-11H2,1H3. The summed E-state index contributed by atoms with van der Waals surface area (Å²) in [6, 6.07) is 10.0. The maximum Gasteiger partial charge on any atom is 0.265 e. The van der Waals surface area contributed by atoms with E-state index in [-0.39, 0.29) is 5.91 Å². The van der Waals surface area contributed by atoms with Crippen molar-refractivity contribution in [3.8, 4) is 10.6 Å². The quantitative estimate of drug-likeness (QED) is 0.708. The number of benzene rings is 1. The van der Waals surface area contributed by atoms with Crippen molar-refractivity contribution in [3.63, 3.8) is 0 Å². The molecule has 1 fully saturated rings. The smallest absolute Gasteiger partial charge is 0.265 e. The van der Waals surface area contributed by atoms with Gasteiger partial charge in [0.2, 0.25) is 0 Å². The Kier molecular flexibility index (Phi) is 4.50. The summed E-state index contributed by atoms with van der Waals surface area (Å²) in [4.78, 5) is 26.8. The number of aromatic nitrogens is 2. The number of amides is 1. The van der Waals surface area contributed by atoms with E-state index in [9.17, 15) is 4.79 Å². The molecule has 5 nitrogen and oxygen atoms in total. The van der Waals surface area contributed by atoms with E-state index in [1.54, 1.807) is 11.3 Å². The summed E-state index contributed by atoms with van der Waals surface area (Å²) in [7, 11) is 0. The summed E-state index contributed by atoms with van der Waals surface area (Å²) in [5, 5.41) is 3.92. The lowest BCUT2D eigenvalue weighted by Crippen LogP contribution is -2.48. The van der Waals surface area contributed by atoms with Gasteiger partial charge >= 0.3 is 0 Å². The third-order valence-electron chi connectivity index (χ3n) is 4.27. The predicted molar refractivity (Wildman–Crippen MR) is 103 cm³/mol. The second-order valence-corrected chi connectivity index (χ2v) is 7.77. The normalized spacial score (nSPS) is 14.8. The van der Waals surface area contributed by atoms with E-state index in [1.807, 2.05) is 53.7 Å². The van der Waals surface area contributed by atoms with Crippen molar-refractivity contribution in [2.24, 2.45) is 0 Å². The second-order valence-electron chi connectivity index (χ2n) is 5.89. The number of thiazole rings is 2. The van der Waals surface area contributed by atoms with Gasteiger partial charge in [-0.3, -0.25) is 4.79 Å². The molecule has 3 aromatic rings. The first-order valence-corrected chi connectivity index (χ1v) is 9.88. The molecule has 0 aliphatic carbocycles. The van der Waals surface area contributed by atoms with Gasteiger partial charge in [0.1, 0.15) is 9.88 Å². The largest absolute Gasteiger partial charge is 0.345 e. The zero-order valence-electron chi connectivity index (χ0n) is 13.9. The van der Waals surface area contributed by atoms with Crippen LogP contribution in [0.5, 0.6) is 0 Å². The molecule has 1 aliphatic rings.